The van der Waals surface area contributed by atoms with E-state index in [0.29, 0.717) is 0 Å². The first-order chi connectivity index (χ1) is 10.2. The molecule has 0 amide bonds. The third-order valence-corrected chi connectivity index (χ3v) is 3.78. The molecule has 3 aromatic rings. The van der Waals surface area contributed by atoms with Gasteiger partial charge >= 0.3 is 0 Å². The maximum Gasteiger partial charge on any atom is 0.212 e. The van der Waals surface area contributed by atoms with Crippen LogP contribution < -0.4 is 0 Å². The average Bonchev–Trinajstić information content (AvgIpc) is 2.97. The Labute approximate surface area is 124 Å². The van der Waals surface area contributed by atoms with Crippen molar-refractivity contribution >= 4 is 11.1 Å². The number of aromatic nitrogens is 2. The summed E-state index contributed by atoms with van der Waals surface area (Å²) in [4.78, 5) is 11.2. The smallest absolute Gasteiger partial charge is 0.212 e. The molecule has 2 heterocycles. The van der Waals surface area contributed by atoms with Gasteiger partial charge in [0.2, 0.25) is 5.89 Å². The van der Waals surface area contributed by atoms with Crippen LogP contribution in [0.15, 0.2) is 53.1 Å². The van der Waals surface area contributed by atoms with E-state index in [9.17, 15) is 0 Å². The number of likely N-dealkylation sites (N-methyl/N-ethyl adjacent to an activating group) is 1. The van der Waals surface area contributed by atoms with Gasteiger partial charge in [-0.15, -0.1) is 0 Å². The lowest BCUT2D eigenvalue weighted by atomic mass is 10.2. The van der Waals surface area contributed by atoms with Crippen LogP contribution in [0.25, 0.3) is 11.1 Å². The van der Waals surface area contributed by atoms with Gasteiger partial charge in [-0.3, -0.25) is 9.88 Å². The molecule has 3 rings (SSSR count). The summed E-state index contributed by atoms with van der Waals surface area (Å²) in [5, 5.41) is 0. The number of para-hydroxylation sites is 2. The highest BCUT2D eigenvalue weighted by atomic mass is 16.3. The Balaban J connectivity index is 1.67. The number of nitrogens with zero attached hydrogens (tertiary/aromatic N) is 3. The van der Waals surface area contributed by atoms with Crippen molar-refractivity contribution in [3.05, 3.63) is 60.2 Å². The Morgan fingerprint density at radius 2 is 1.95 bits per heavy atom. The van der Waals surface area contributed by atoms with E-state index in [1.807, 2.05) is 42.6 Å². The number of fused-ring (bicyclic) bond motifs is 1. The van der Waals surface area contributed by atoms with Gasteiger partial charge in [-0.1, -0.05) is 18.2 Å². The summed E-state index contributed by atoms with van der Waals surface area (Å²) in [6.45, 7) is 3.03. The summed E-state index contributed by atoms with van der Waals surface area (Å²) >= 11 is 0. The molecule has 0 fully saturated rings. The molecule has 4 nitrogen and oxygen atoms in total. The van der Waals surface area contributed by atoms with E-state index in [1.54, 1.807) is 0 Å². The van der Waals surface area contributed by atoms with Gasteiger partial charge in [0.05, 0.1) is 6.04 Å². The van der Waals surface area contributed by atoms with Crippen molar-refractivity contribution in [2.24, 2.45) is 0 Å². The minimum Gasteiger partial charge on any atom is -0.439 e. The molecule has 0 aliphatic carbocycles. The molecule has 21 heavy (non-hydrogen) atoms. The fraction of sp³-hybridized carbons (Fsp3) is 0.294. The van der Waals surface area contributed by atoms with Gasteiger partial charge in [-0.05, 0) is 38.2 Å². The molecule has 0 bridgehead atoms. The van der Waals surface area contributed by atoms with Gasteiger partial charge in [-0.25, -0.2) is 4.98 Å². The van der Waals surface area contributed by atoms with Crippen LogP contribution in [0.3, 0.4) is 0 Å². The minimum atomic E-state index is 0.140. The van der Waals surface area contributed by atoms with E-state index in [-0.39, 0.29) is 6.04 Å². The van der Waals surface area contributed by atoms with Crippen LogP contribution in [0.4, 0.5) is 0 Å². The highest BCUT2D eigenvalue weighted by Crippen LogP contribution is 2.23. The Morgan fingerprint density at radius 3 is 2.71 bits per heavy atom. The molecule has 0 saturated carbocycles. The Kier molecular flexibility index (Phi) is 3.97. The number of hydrogen-bond acceptors (Lipinski definition) is 4. The Hall–Kier alpha value is -2.20. The lowest BCUT2D eigenvalue weighted by Crippen LogP contribution is -2.25. The summed E-state index contributed by atoms with van der Waals surface area (Å²) in [5.74, 6) is 0.764. The van der Waals surface area contributed by atoms with Crippen molar-refractivity contribution in [2.75, 3.05) is 13.6 Å². The molecule has 0 radical (unpaired) electrons. The van der Waals surface area contributed by atoms with Crippen molar-refractivity contribution in [1.29, 1.82) is 0 Å². The van der Waals surface area contributed by atoms with Crippen LogP contribution in [-0.4, -0.2) is 28.5 Å². The predicted octanol–water partition coefficient (Wildman–Crippen LogP) is 3.46. The molecule has 1 aromatic carbocycles. The van der Waals surface area contributed by atoms with Gasteiger partial charge < -0.3 is 4.42 Å². The maximum atomic E-state index is 5.83. The minimum absolute atomic E-state index is 0.140. The first-order valence-electron chi connectivity index (χ1n) is 7.19. The number of hydrogen-bond donors (Lipinski definition) is 0. The van der Waals surface area contributed by atoms with E-state index in [4.69, 9.17) is 4.42 Å². The summed E-state index contributed by atoms with van der Waals surface area (Å²) in [5.41, 5.74) is 2.86. The van der Waals surface area contributed by atoms with Crippen LogP contribution >= 0.6 is 0 Å². The molecule has 0 aliphatic rings. The summed E-state index contributed by atoms with van der Waals surface area (Å²) < 4.78 is 5.83. The molecular weight excluding hydrogens is 262 g/mol. The fourth-order valence-electron chi connectivity index (χ4n) is 2.29. The molecular formula is C17H19N3O. The molecule has 4 heteroatoms. The number of benzene rings is 1. The summed E-state index contributed by atoms with van der Waals surface area (Å²) in [6.07, 6.45) is 2.75. The third kappa shape index (κ3) is 3.11. The van der Waals surface area contributed by atoms with Crippen LogP contribution in [0.5, 0.6) is 0 Å². The first-order valence-corrected chi connectivity index (χ1v) is 7.19. The monoisotopic (exact) mass is 281 g/mol. The van der Waals surface area contributed by atoms with Gasteiger partial charge in [0.1, 0.15) is 5.52 Å². The van der Waals surface area contributed by atoms with Crippen LogP contribution in [0.1, 0.15) is 24.6 Å². The van der Waals surface area contributed by atoms with Crippen molar-refractivity contribution in [2.45, 2.75) is 19.4 Å². The van der Waals surface area contributed by atoms with E-state index in [1.165, 1.54) is 0 Å². The molecule has 1 atom stereocenters. The molecule has 2 aromatic heterocycles. The highest BCUT2D eigenvalue weighted by molar-refractivity contribution is 5.72. The molecule has 108 valence electrons. The Morgan fingerprint density at radius 1 is 1.14 bits per heavy atom. The van der Waals surface area contributed by atoms with E-state index < -0.39 is 0 Å². The second kappa shape index (κ2) is 6.06. The normalized spacial score (nSPS) is 12.9. The van der Waals surface area contributed by atoms with E-state index >= 15 is 0 Å². The zero-order chi connectivity index (χ0) is 14.7. The van der Waals surface area contributed by atoms with E-state index in [0.717, 1.165) is 35.6 Å². The van der Waals surface area contributed by atoms with Gasteiger partial charge in [0.25, 0.3) is 0 Å². The van der Waals surface area contributed by atoms with Crippen LogP contribution in [-0.2, 0) is 6.42 Å². The lowest BCUT2D eigenvalue weighted by Gasteiger charge is -2.21. The molecule has 0 spiro atoms. The number of rotatable bonds is 5. The highest BCUT2D eigenvalue weighted by Gasteiger charge is 2.17. The first kappa shape index (κ1) is 13.8. The topological polar surface area (TPSA) is 42.2 Å². The van der Waals surface area contributed by atoms with Crippen molar-refractivity contribution < 1.29 is 4.42 Å². The third-order valence-electron chi connectivity index (χ3n) is 3.78. The van der Waals surface area contributed by atoms with Crippen molar-refractivity contribution in [3.8, 4) is 0 Å². The molecule has 0 saturated heterocycles. The second-order valence-electron chi connectivity index (χ2n) is 5.25. The zero-order valence-corrected chi connectivity index (χ0v) is 12.4. The number of pyridine rings is 1. The molecule has 0 N–H and O–H groups in total. The van der Waals surface area contributed by atoms with E-state index in [2.05, 4.69) is 34.9 Å². The quantitative estimate of drug-likeness (QED) is 0.718. The summed E-state index contributed by atoms with van der Waals surface area (Å²) in [6, 6.07) is 14.0. The van der Waals surface area contributed by atoms with Crippen LogP contribution in [0, 0.1) is 0 Å². The lowest BCUT2D eigenvalue weighted by molar-refractivity contribution is 0.230. The molecule has 0 aliphatic heterocycles. The Bertz CT molecular complexity index is 675. The van der Waals surface area contributed by atoms with Gasteiger partial charge in [0.15, 0.2) is 5.58 Å². The maximum absolute atomic E-state index is 5.83. The SMILES string of the molecule is CC(c1nc2ccccc2o1)N(C)CCc1ccccn1. The average molecular weight is 281 g/mol. The van der Waals surface area contributed by atoms with Gasteiger partial charge in [0, 0.05) is 24.9 Å². The zero-order valence-electron chi connectivity index (χ0n) is 12.4. The predicted molar refractivity (Wildman–Crippen MR) is 83.0 cm³/mol. The van der Waals surface area contributed by atoms with Crippen molar-refractivity contribution in [1.82, 2.24) is 14.9 Å². The van der Waals surface area contributed by atoms with Gasteiger partial charge in [-0.2, -0.15) is 0 Å². The second-order valence-corrected chi connectivity index (χ2v) is 5.25. The summed E-state index contributed by atoms with van der Waals surface area (Å²) in [7, 11) is 2.09. The van der Waals surface area contributed by atoms with Crippen molar-refractivity contribution in [3.63, 3.8) is 0 Å². The van der Waals surface area contributed by atoms with Crippen LogP contribution in [0.2, 0.25) is 0 Å². The molecule has 1 unspecified atom stereocenters. The standard InChI is InChI=1S/C17H19N3O/c1-13(17-19-15-8-3-4-9-16(15)21-17)20(2)12-10-14-7-5-6-11-18-14/h3-9,11,13H,10,12H2,1-2H3. The number of oxazole rings is 1. The fourth-order valence-corrected chi connectivity index (χ4v) is 2.29. The largest absolute Gasteiger partial charge is 0.439 e.